The summed E-state index contributed by atoms with van der Waals surface area (Å²) in [5.41, 5.74) is 0. The number of carbonyl (C=O) groups excluding carboxylic acids is 1. The van der Waals surface area contributed by atoms with Gasteiger partial charge in [-0.05, 0) is 0 Å². The zero-order chi connectivity index (χ0) is 12.5. The molecule has 0 aromatic rings. The number of aliphatic hydroxyl groups excluding tert-OH is 4. The molecule has 1 saturated heterocycles. The second kappa shape index (κ2) is 4.62. The highest BCUT2D eigenvalue weighted by Gasteiger charge is 2.48. The van der Waals surface area contributed by atoms with Crippen LogP contribution < -0.4 is 5.11 Å². The Bertz CT molecular complexity index is 269. The first-order chi connectivity index (χ1) is 7.31. The van der Waals surface area contributed by atoms with Crippen molar-refractivity contribution in [3.05, 3.63) is 0 Å². The van der Waals surface area contributed by atoms with Gasteiger partial charge in [0.05, 0.1) is 12.7 Å². The third-order valence-electron chi connectivity index (χ3n) is 2.43. The van der Waals surface area contributed by atoms with E-state index in [1.165, 1.54) is 0 Å². The maximum Gasteiger partial charge on any atom is 0.210 e. The fourth-order valence-electron chi connectivity index (χ4n) is 1.51. The van der Waals surface area contributed by atoms with E-state index in [0.717, 1.165) is 0 Å². The predicted molar refractivity (Wildman–Crippen MR) is 44.6 cm³/mol. The smallest absolute Gasteiger partial charge is 0.210 e. The molecule has 1 rings (SSSR count). The number of carboxylic acid groups (broad SMARTS) is 1. The van der Waals surface area contributed by atoms with Gasteiger partial charge in [0.2, 0.25) is 5.79 Å². The van der Waals surface area contributed by atoms with Gasteiger partial charge >= 0.3 is 0 Å². The standard InChI is InChI=1S/C8H14O8/c9-2-4(11)6-5(12)3(10)1-8(15,16-6)7(13)14/h3-6,9-12,15H,1-2H2,(H,13,14)/p-1/t3-,4-,5-,6-,8?/m1/s1. The molecule has 0 spiro atoms. The molecule has 5 atom stereocenters. The summed E-state index contributed by atoms with van der Waals surface area (Å²) in [6, 6.07) is 0. The molecule has 8 nitrogen and oxygen atoms in total. The first kappa shape index (κ1) is 13.3. The lowest BCUT2D eigenvalue weighted by atomic mass is 9.93. The van der Waals surface area contributed by atoms with E-state index in [4.69, 9.17) is 5.11 Å². The van der Waals surface area contributed by atoms with Crippen molar-refractivity contribution in [2.45, 2.75) is 36.6 Å². The Balaban J connectivity index is 2.89. The lowest BCUT2D eigenvalue weighted by Crippen LogP contribution is -2.64. The van der Waals surface area contributed by atoms with Crippen molar-refractivity contribution in [3.63, 3.8) is 0 Å². The van der Waals surface area contributed by atoms with Gasteiger partial charge in [0.25, 0.3) is 0 Å². The monoisotopic (exact) mass is 237 g/mol. The van der Waals surface area contributed by atoms with Crippen molar-refractivity contribution in [2.24, 2.45) is 0 Å². The summed E-state index contributed by atoms with van der Waals surface area (Å²) in [7, 11) is 0. The predicted octanol–water partition coefficient (Wildman–Crippen LogP) is -4.71. The molecule has 1 aliphatic heterocycles. The quantitative estimate of drug-likeness (QED) is 0.328. The topological polar surface area (TPSA) is 151 Å². The summed E-state index contributed by atoms with van der Waals surface area (Å²) >= 11 is 0. The lowest BCUT2D eigenvalue weighted by Gasteiger charge is -2.43. The number of aliphatic hydroxyl groups is 5. The summed E-state index contributed by atoms with van der Waals surface area (Å²) in [5, 5.41) is 56.5. The minimum atomic E-state index is -2.79. The largest absolute Gasteiger partial charge is 0.544 e. The fourth-order valence-corrected chi connectivity index (χ4v) is 1.51. The third-order valence-corrected chi connectivity index (χ3v) is 2.43. The van der Waals surface area contributed by atoms with E-state index in [2.05, 4.69) is 4.74 Å². The zero-order valence-corrected chi connectivity index (χ0v) is 8.18. The average molecular weight is 237 g/mol. The van der Waals surface area contributed by atoms with Crippen molar-refractivity contribution in [2.75, 3.05) is 6.61 Å². The first-order valence-electron chi connectivity index (χ1n) is 4.58. The summed E-state index contributed by atoms with van der Waals surface area (Å²) in [6.45, 7) is -0.822. The average Bonchev–Trinajstić information content (AvgIpc) is 2.22. The molecule has 0 saturated carbocycles. The van der Waals surface area contributed by atoms with Gasteiger partial charge in [0.1, 0.15) is 24.3 Å². The molecule has 16 heavy (non-hydrogen) atoms. The zero-order valence-electron chi connectivity index (χ0n) is 8.18. The summed E-state index contributed by atoms with van der Waals surface area (Å²) < 4.78 is 4.54. The van der Waals surface area contributed by atoms with E-state index in [1.54, 1.807) is 0 Å². The van der Waals surface area contributed by atoms with Gasteiger partial charge in [-0.15, -0.1) is 0 Å². The van der Waals surface area contributed by atoms with Crippen LogP contribution in [0.4, 0.5) is 0 Å². The first-order valence-corrected chi connectivity index (χ1v) is 4.58. The normalized spacial score (nSPS) is 41.7. The van der Waals surface area contributed by atoms with Crippen LogP contribution in [0.2, 0.25) is 0 Å². The number of carboxylic acids is 1. The molecule has 8 heteroatoms. The molecule has 94 valence electrons. The summed E-state index contributed by atoms with van der Waals surface area (Å²) in [4.78, 5) is 10.6. The third kappa shape index (κ3) is 2.32. The molecular weight excluding hydrogens is 224 g/mol. The van der Waals surface area contributed by atoms with Gasteiger partial charge in [0, 0.05) is 6.42 Å². The van der Waals surface area contributed by atoms with Gasteiger partial charge in [-0.1, -0.05) is 0 Å². The van der Waals surface area contributed by atoms with Gasteiger partial charge in [-0.3, -0.25) is 0 Å². The molecule has 1 fully saturated rings. The number of ether oxygens (including phenoxy) is 1. The number of rotatable bonds is 3. The molecule has 1 heterocycles. The van der Waals surface area contributed by atoms with Crippen LogP contribution in [0.1, 0.15) is 6.42 Å². The Morgan fingerprint density at radius 2 is 2.12 bits per heavy atom. The Hall–Kier alpha value is -0.770. The van der Waals surface area contributed by atoms with Crippen LogP contribution in [0.15, 0.2) is 0 Å². The van der Waals surface area contributed by atoms with Crippen LogP contribution >= 0.6 is 0 Å². The minimum Gasteiger partial charge on any atom is -0.544 e. The van der Waals surface area contributed by atoms with Crippen molar-refractivity contribution in [3.8, 4) is 0 Å². The van der Waals surface area contributed by atoms with Gasteiger partial charge in [-0.25, -0.2) is 0 Å². The van der Waals surface area contributed by atoms with Crippen molar-refractivity contribution >= 4 is 5.97 Å². The van der Waals surface area contributed by atoms with Crippen LogP contribution in [0.25, 0.3) is 0 Å². The molecular formula is C8H13O8-. The SMILES string of the molecule is O=C([O-])C1(O)C[C@@H](O)[C@@H](O)[C@@H]([C@H](O)CO)O1. The lowest BCUT2D eigenvalue weighted by molar-refractivity contribution is -0.378. The van der Waals surface area contributed by atoms with E-state index < -0.39 is 49.2 Å². The van der Waals surface area contributed by atoms with Gasteiger partial charge in [0.15, 0.2) is 0 Å². The van der Waals surface area contributed by atoms with Crippen LogP contribution in [0, 0.1) is 0 Å². The van der Waals surface area contributed by atoms with E-state index in [9.17, 15) is 30.3 Å². The molecule has 0 aliphatic carbocycles. The Morgan fingerprint density at radius 3 is 2.56 bits per heavy atom. The van der Waals surface area contributed by atoms with Crippen LogP contribution in [-0.4, -0.2) is 68.3 Å². The van der Waals surface area contributed by atoms with Gasteiger partial charge in [-0.2, -0.15) is 0 Å². The maximum atomic E-state index is 10.6. The molecule has 5 N–H and O–H groups in total. The number of carbonyl (C=O) groups is 1. The second-order valence-corrected chi connectivity index (χ2v) is 3.67. The van der Waals surface area contributed by atoms with Crippen LogP contribution in [0.5, 0.6) is 0 Å². The Labute approximate surface area is 90.3 Å². The molecule has 0 bridgehead atoms. The molecule has 0 aromatic heterocycles. The highest BCUT2D eigenvalue weighted by atomic mass is 16.7. The Kier molecular flexibility index (Phi) is 3.84. The van der Waals surface area contributed by atoms with E-state index >= 15 is 0 Å². The van der Waals surface area contributed by atoms with E-state index in [-0.39, 0.29) is 0 Å². The van der Waals surface area contributed by atoms with Gasteiger partial charge < -0.3 is 40.2 Å². The number of hydrogen-bond donors (Lipinski definition) is 5. The van der Waals surface area contributed by atoms with Crippen molar-refractivity contribution < 1.29 is 40.2 Å². The molecule has 0 aromatic carbocycles. The van der Waals surface area contributed by atoms with Crippen molar-refractivity contribution in [1.82, 2.24) is 0 Å². The highest BCUT2D eigenvalue weighted by molar-refractivity contribution is 5.73. The summed E-state index contributed by atoms with van der Waals surface area (Å²) in [5.74, 6) is -4.78. The van der Waals surface area contributed by atoms with E-state index in [0.29, 0.717) is 0 Å². The molecule has 0 amide bonds. The van der Waals surface area contributed by atoms with E-state index in [1.807, 2.05) is 0 Å². The molecule has 1 aliphatic rings. The van der Waals surface area contributed by atoms with Crippen LogP contribution in [0.3, 0.4) is 0 Å². The second-order valence-electron chi connectivity index (χ2n) is 3.67. The fraction of sp³-hybridized carbons (Fsp3) is 0.875. The molecule has 0 radical (unpaired) electrons. The van der Waals surface area contributed by atoms with Crippen LogP contribution in [-0.2, 0) is 9.53 Å². The summed E-state index contributed by atoms with van der Waals surface area (Å²) in [6.07, 6.45) is -7.25. The van der Waals surface area contributed by atoms with Crippen molar-refractivity contribution in [1.29, 1.82) is 0 Å². The number of hydrogen-bond acceptors (Lipinski definition) is 8. The highest BCUT2D eigenvalue weighted by Crippen LogP contribution is 2.28. The maximum absolute atomic E-state index is 10.6. The minimum absolute atomic E-state index is 0.787. The number of aliphatic carboxylic acids is 1. The molecule has 1 unspecified atom stereocenters. The Morgan fingerprint density at radius 1 is 1.56 bits per heavy atom.